The maximum atomic E-state index is 9.60. The molecule has 0 aliphatic carbocycles. The zero-order chi connectivity index (χ0) is 11.5. The van der Waals surface area contributed by atoms with Crippen molar-refractivity contribution in [3.63, 3.8) is 0 Å². The second kappa shape index (κ2) is 4.86. The van der Waals surface area contributed by atoms with Crippen LogP contribution in [0.15, 0.2) is 18.2 Å². The van der Waals surface area contributed by atoms with Gasteiger partial charge in [-0.05, 0) is 44.4 Å². The Morgan fingerprint density at radius 2 is 2.07 bits per heavy atom. The van der Waals surface area contributed by atoms with E-state index in [1.807, 2.05) is 12.1 Å². The summed E-state index contributed by atoms with van der Waals surface area (Å²) in [5.41, 5.74) is 0.392. The number of aliphatic hydroxyl groups is 1. The Bertz CT molecular complexity index is 329. The Morgan fingerprint density at radius 1 is 1.40 bits per heavy atom. The first-order valence-corrected chi connectivity index (χ1v) is 5.35. The summed E-state index contributed by atoms with van der Waals surface area (Å²) in [5.74, 6) is 0.756. The molecule has 0 radical (unpaired) electrons. The molecule has 84 valence electrons. The average Bonchev–Trinajstić information content (AvgIpc) is 2.14. The van der Waals surface area contributed by atoms with Gasteiger partial charge in [-0.1, -0.05) is 17.7 Å². The molecule has 2 nitrogen and oxygen atoms in total. The topological polar surface area (TPSA) is 29.5 Å². The van der Waals surface area contributed by atoms with Crippen LogP contribution < -0.4 is 4.74 Å². The molecule has 3 heteroatoms. The van der Waals surface area contributed by atoms with Crippen molar-refractivity contribution in [2.75, 3.05) is 7.11 Å². The minimum Gasteiger partial charge on any atom is -0.497 e. The van der Waals surface area contributed by atoms with Crippen molar-refractivity contribution in [1.29, 1.82) is 0 Å². The Labute approximate surface area is 95.8 Å². The van der Waals surface area contributed by atoms with Gasteiger partial charge in [-0.2, -0.15) is 0 Å². The maximum Gasteiger partial charge on any atom is 0.120 e. The van der Waals surface area contributed by atoms with E-state index in [4.69, 9.17) is 16.3 Å². The second-order valence-electron chi connectivity index (χ2n) is 4.27. The third kappa shape index (κ3) is 4.10. The normalized spacial score (nSPS) is 11.5. The van der Waals surface area contributed by atoms with Gasteiger partial charge in [-0.15, -0.1) is 0 Å². The summed E-state index contributed by atoms with van der Waals surface area (Å²) in [5, 5.41) is 10.3. The van der Waals surface area contributed by atoms with Gasteiger partial charge in [0.1, 0.15) is 5.75 Å². The highest BCUT2D eigenvalue weighted by atomic mass is 35.5. The van der Waals surface area contributed by atoms with E-state index >= 15 is 0 Å². The lowest BCUT2D eigenvalue weighted by molar-refractivity contribution is 0.0714. The molecule has 1 aromatic rings. The fourth-order valence-corrected chi connectivity index (χ4v) is 1.56. The van der Waals surface area contributed by atoms with Gasteiger partial charge >= 0.3 is 0 Å². The first-order valence-electron chi connectivity index (χ1n) is 4.97. The molecule has 1 N–H and O–H groups in total. The minimum atomic E-state index is -0.650. The van der Waals surface area contributed by atoms with Gasteiger partial charge in [0.05, 0.1) is 12.7 Å². The number of hydrogen-bond acceptors (Lipinski definition) is 2. The van der Waals surface area contributed by atoms with Crippen LogP contribution in [0.25, 0.3) is 0 Å². The summed E-state index contributed by atoms with van der Waals surface area (Å²) in [6, 6.07) is 5.61. The number of methoxy groups -OCH3 is 1. The van der Waals surface area contributed by atoms with Crippen LogP contribution in [0.2, 0.25) is 5.02 Å². The van der Waals surface area contributed by atoms with E-state index in [1.165, 1.54) is 0 Å². The van der Waals surface area contributed by atoms with Crippen LogP contribution in [0.3, 0.4) is 0 Å². The number of benzene rings is 1. The molecule has 0 spiro atoms. The van der Waals surface area contributed by atoms with Crippen molar-refractivity contribution < 1.29 is 9.84 Å². The largest absolute Gasteiger partial charge is 0.497 e. The van der Waals surface area contributed by atoms with E-state index < -0.39 is 5.60 Å². The molecule has 0 atom stereocenters. The Morgan fingerprint density at radius 3 is 2.53 bits per heavy atom. The standard InChI is InChI=1S/C12H17ClO2/c1-12(2,14)7-6-9-4-5-10(15-3)8-11(9)13/h4-5,8,14H,6-7H2,1-3H3. The van der Waals surface area contributed by atoms with Crippen LogP contribution in [-0.4, -0.2) is 17.8 Å². The van der Waals surface area contributed by atoms with Crippen LogP contribution in [0, 0.1) is 0 Å². The molecule has 0 fully saturated rings. The van der Waals surface area contributed by atoms with Gasteiger partial charge in [0.2, 0.25) is 0 Å². The third-order valence-electron chi connectivity index (χ3n) is 2.27. The van der Waals surface area contributed by atoms with Crippen molar-refractivity contribution in [1.82, 2.24) is 0 Å². The first kappa shape index (κ1) is 12.3. The number of halogens is 1. The molecule has 0 bridgehead atoms. The van der Waals surface area contributed by atoms with E-state index in [0.717, 1.165) is 17.7 Å². The average molecular weight is 229 g/mol. The Kier molecular flexibility index (Phi) is 4.00. The van der Waals surface area contributed by atoms with Gasteiger partial charge in [0.25, 0.3) is 0 Å². The number of rotatable bonds is 4. The lowest BCUT2D eigenvalue weighted by Gasteiger charge is -2.17. The van der Waals surface area contributed by atoms with E-state index in [2.05, 4.69) is 0 Å². The highest BCUT2D eigenvalue weighted by Gasteiger charge is 2.13. The third-order valence-corrected chi connectivity index (χ3v) is 2.62. The monoisotopic (exact) mass is 228 g/mol. The summed E-state index contributed by atoms with van der Waals surface area (Å²) in [6.07, 6.45) is 1.46. The van der Waals surface area contributed by atoms with Gasteiger partial charge in [0, 0.05) is 5.02 Å². The van der Waals surface area contributed by atoms with E-state index in [1.54, 1.807) is 27.0 Å². The van der Waals surface area contributed by atoms with Gasteiger partial charge in [0.15, 0.2) is 0 Å². The molecule has 0 amide bonds. The molecular formula is C12H17ClO2. The predicted octanol–water partition coefficient (Wildman–Crippen LogP) is 3.05. The Hall–Kier alpha value is -0.730. The maximum absolute atomic E-state index is 9.60. The van der Waals surface area contributed by atoms with Crippen LogP contribution in [0.1, 0.15) is 25.8 Å². The molecule has 0 aliphatic heterocycles. The number of aryl methyl sites for hydroxylation is 1. The fraction of sp³-hybridized carbons (Fsp3) is 0.500. The molecule has 1 rings (SSSR count). The quantitative estimate of drug-likeness (QED) is 0.859. The summed E-state index contributed by atoms with van der Waals surface area (Å²) >= 11 is 6.08. The van der Waals surface area contributed by atoms with Gasteiger partial charge in [-0.3, -0.25) is 0 Å². The highest BCUT2D eigenvalue weighted by Crippen LogP contribution is 2.24. The van der Waals surface area contributed by atoms with Crippen molar-refractivity contribution in [3.05, 3.63) is 28.8 Å². The minimum absolute atomic E-state index is 0.650. The molecular weight excluding hydrogens is 212 g/mol. The zero-order valence-corrected chi connectivity index (χ0v) is 10.1. The molecule has 1 aromatic carbocycles. The number of hydrogen-bond donors (Lipinski definition) is 1. The lowest BCUT2D eigenvalue weighted by Crippen LogP contribution is -2.19. The Balaban J connectivity index is 2.70. The van der Waals surface area contributed by atoms with Crippen LogP contribution in [0.4, 0.5) is 0 Å². The molecule has 0 heterocycles. The first-order chi connectivity index (χ1) is 6.92. The van der Waals surface area contributed by atoms with Crippen LogP contribution in [-0.2, 0) is 6.42 Å². The zero-order valence-electron chi connectivity index (χ0n) is 9.38. The van der Waals surface area contributed by atoms with Crippen LogP contribution >= 0.6 is 11.6 Å². The molecule has 0 aromatic heterocycles. The summed E-state index contributed by atoms with van der Waals surface area (Å²) in [7, 11) is 1.61. The van der Waals surface area contributed by atoms with E-state index in [0.29, 0.717) is 11.4 Å². The SMILES string of the molecule is COc1ccc(CCC(C)(C)O)c(Cl)c1. The highest BCUT2D eigenvalue weighted by molar-refractivity contribution is 6.31. The van der Waals surface area contributed by atoms with Crippen LogP contribution in [0.5, 0.6) is 5.75 Å². The summed E-state index contributed by atoms with van der Waals surface area (Å²) in [4.78, 5) is 0. The van der Waals surface area contributed by atoms with Crippen molar-refractivity contribution >= 4 is 11.6 Å². The molecule has 15 heavy (non-hydrogen) atoms. The summed E-state index contributed by atoms with van der Waals surface area (Å²) in [6.45, 7) is 3.59. The predicted molar refractivity (Wildman–Crippen MR) is 62.6 cm³/mol. The second-order valence-corrected chi connectivity index (χ2v) is 4.68. The van der Waals surface area contributed by atoms with Crippen molar-refractivity contribution in [3.8, 4) is 5.75 Å². The molecule has 0 aliphatic rings. The van der Waals surface area contributed by atoms with E-state index in [-0.39, 0.29) is 0 Å². The molecule has 0 saturated heterocycles. The summed E-state index contributed by atoms with van der Waals surface area (Å²) < 4.78 is 5.06. The van der Waals surface area contributed by atoms with E-state index in [9.17, 15) is 5.11 Å². The smallest absolute Gasteiger partial charge is 0.120 e. The molecule has 0 unspecified atom stereocenters. The lowest BCUT2D eigenvalue weighted by atomic mass is 9.99. The fourth-order valence-electron chi connectivity index (χ4n) is 1.30. The van der Waals surface area contributed by atoms with Crippen molar-refractivity contribution in [2.24, 2.45) is 0 Å². The number of ether oxygens (including phenoxy) is 1. The van der Waals surface area contributed by atoms with Gasteiger partial charge in [-0.25, -0.2) is 0 Å². The molecule has 0 saturated carbocycles. The van der Waals surface area contributed by atoms with Gasteiger partial charge < -0.3 is 9.84 Å². The van der Waals surface area contributed by atoms with Crippen molar-refractivity contribution in [2.45, 2.75) is 32.3 Å².